The van der Waals surface area contributed by atoms with E-state index in [9.17, 15) is 0 Å². The maximum absolute atomic E-state index is 8.93. The van der Waals surface area contributed by atoms with Gasteiger partial charge in [-0.15, -0.1) is 0 Å². The normalized spacial score (nSPS) is 12.4. The van der Waals surface area contributed by atoms with Crippen molar-refractivity contribution in [2.75, 3.05) is 32.7 Å². The zero-order chi connectivity index (χ0) is 11.8. The zero-order valence-corrected chi connectivity index (χ0v) is 9.64. The molecule has 1 aromatic rings. The van der Waals surface area contributed by atoms with Gasteiger partial charge in [0.15, 0.2) is 0 Å². The molecule has 0 aliphatic rings. The van der Waals surface area contributed by atoms with Gasteiger partial charge in [-0.1, -0.05) is 6.07 Å². The Balaban J connectivity index is 2.46. The van der Waals surface area contributed by atoms with Crippen LogP contribution in [0.5, 0.6) is 0 Å². The van der Waals surface area contributed by atoms with Crippen LogP contribution in [0.25, 0.3) is 0 Å². The number of nitrogens with zero attached hydrogens (tertiary/aromatic N) is 1. The molecule has 0 aliphatic heterocycles. The predicted molar refractivity (Wildman–Crippen MR) is 61.3 cm³/mol. The van der Waals surface area contributed by atoms with Gasteiger partial charge in [-0.25, -0.2) is 4.98 Å². The molecule has 1 atom stereocenters. The summed E-state index contributed by atoms with van der Waals surface area (Å²) in [6.45, 7) is 1.09. The van der Waals surface area contributed by atoms with Crippen molar-refractivity contribution in [2.45, 2.75) is 12.7 Å². The average Bonchev–Trinajstić information content (AvgIpc) is 2.34. The molecule has 5 nitrogen and oxygen atoms in total. The second-order valence-corrected chi connectivity index (χ2v) is 3.37. The molecule has 0 saturated carbocycles. The highest BCUT2D eigenvalue weighted by atomic mass is 16.5. The molecule has 0 saturated heterocycles. The summed E-state index contributed by atoms with van der Waals surface area (Å²) >= 11 is 0. The molecule has 0 aliphatic carbocycles. The molecule has 1 rings (SSSR count). The highest BCUT2D eigenvalue weighted by Crippen LogP contribution is 2.05. The van der Waals surface area contributed by atoms with Crippen LogP contribution < -0.4 is 5.32 Å². The van der Waals surface area contributed by atoms with E-state index in [1.807, 2.05) is 12.1 Å². The summed E-state index contributed by atoms with van der Waals surface area (Å²) in [5.74, 6) is 0.727. The average molecular weight is 226 g/mol. The fraction of sp³-hybridized carbons (Fsp3) is 0.545. The maximum atomic E-state index is 8.93. The minimum absolute atomic E-state index is 0.00965. The Labute approximate surface area is 95.4 Å². The molecule has 0 radical (unpaired) electrons. The molecule has 0 amide bonds. The third-order valence-electron chi connectivity index (χ3n) is 2.17. The number of hydrogen-bond donors (Lipinski definition) is 2. The second kappa shape index (κ2) is 7.16. The molecule has 0 aromatic carbocycles. The highest BCUT2D eigenvalue weighted by Gasteiger charge is 2.06. The van der Waals surface area contributed by atoms with Crippen LogP contribution in [0.2, 0.25) is 0 Å². The Morgan fingerprint density at radius 2 is 2.25 bits per heavy atom. The van der Waals surface area contributed by atoms with Crippen molar-refractivity contribution < 1.29 is 14.6 Å². The molecule has 16 heavy (non-hydrogen) atoms. The predicted octanol–water partition coefficient (Wildman–Crippen LogP) is 0.647. The summed E-state index contributed by atoms with van der Waals surface area (Å²) in [7, 11) is 3.28. The molecule has 1 aromatic heterocycles. The van der Waals surface area contributed by atoms with Crippen molar-refractivity contribution in [1.29, 1.82) is 0 Å². The molecular formula is C11H18N2O3. The monoisotopic (exact) mass is 226 g/mol. The molecule has 1 heterocycles. The first-order valence-electron chi connectivity index (χ1n) is 5.12. The van der Waals surface area contributed by atoms with Crippen molar-refractivity contribution in [3.8, 4) is 0 Å². The van der Waals surface area contributed by atoms with Gasteiger partial charge in [0.1, 0.15) is 5.82 Å². The molecule has 0 fully saturated rings. The Morgan fingerprint density at radius 1 is 1.44 bits per heavy atom. The van der Waals surface area contributed by atoms with Crippen molar-refractivity contribution in [2.24, 2.45) is 0 Å². The lowest BCUT2D eigenvalue weighted by Gasteiger charge is -2.15. The van der Waals surface area contributed by atoms with Crippen LogP contribution in [-0.2, 0) is 16.1 Å². The van der Waals surface area contributed by atoms with Gasteiger partial charge in [0, 0.05) is 20.8 Å². The second-order valence-electron chi connectivity index (χ2n) is 3.37. The van der Waals surface area contributed by atoms with Crippen molar-refractivity contribution in [3.63, 3.8) is 0 Å². The van der Waals surface area contributed by atoms with E-state index in [4.69, 9.17) is 14.6 Å². The largest absolute Gasteiger partial charge is 0.390 e. The number of aliphatic hydroxyl groups excluding tert-OH is 1. The quantitative estimate of drug-likeness (QED) is 0.714. The van der Waals surface area contributed by atoms with Crippen LogP contribution in [0.1, 0.15) is 5.69 Å². The van der Waals surface area contributed by atoms with E-state index in [1.165, 1.54) is 0 Å². The Hall–Kier alpha value is -1.17. The lowest BCUT2D eigenvalue weighted by Crippen LogP contribution is -2.26. The molecule has 0 spiro atoms. The van der Waals surface area contributed by atoms with Gasteiger partial charge in [0.25, 0.3) is 0 Å². The van der Waals surface area contributed by atoms with E-state index in [0.29, 0.717) is 18.8 Å². The van der Waals surface area contributed by atoms with Crippen LogP contribution in [-0.4, -0.2) is 43.6 Å². The van der Waals surface area contributed by atoms with Crippen molar-refractivity contribution >= 4 is 5.82 Å². The summed E-state index contributed by atoms with van der Waals surface area (Å²) in [5.41, 5.74) is 0.644. The number of pyridine rings is 1. The molecular weight excluding hydrogens is 208 g/mol. The van der Waals surface area contributed by atoms with Gasteiger partial charge >= 0.3 is 0 Å². The summed E-state index contributed by atoms with van der Waals surface area (Å²) in [5, 5.41) is 12.1. The van der Waals surface area contributed by atoms with Crippen LogP contribution in [0.15, 0.2) is 18.2 Å². The summed E-state index contributed by atoms with van der Waals surface area (Å²) in [6.07, 6.45) is -0.00965. The minimum Gasteiger partial charge on any atom is -0.390 e. The first-order chi connectivity index (χ1) is 7.80. The van der Waals surface area contributed by atoms with E-state index >= 15 is 0 Å². The van der Waals surface area contributed by atoms with Crippen LogP contribution in [0, 0.1) is 0 Å². The number of rotatable bonds is 7. The third-order valence-corrected chi connectivity index (χ3v) is 2.17. The van der Waals surface area contributed by atoms with E-state index < -0.39 is 0 Å². The number of aromatic nitrogens is 1. The summed E-state index contributed by atoms with van der Waals surface area (Å²) in [4.78, 5) is 4.20. The number of hydrogen-bond acceptors (Lipinski definition) is 5. The maximum Gasteiger partial charge on any atom is 0.126 e. The van der Waals surface area contributed by atoms with Gasteiger partial charge in [0.05, 0.1) is 25.0 Å². The molecule has 90 valence electrons. The molecule has 0 bridgehead atoms. The fourth-order valence-corrected chi connectivity index (χ4v) is 1.28. The first-order valence-corrected chi connectivity index (χ1v) is 5.12. The Morgan fingerprint density at radius 3 is 2.88 bits per heavy atom. The van der Waals surface area contributed by atoms with Gasteiger partial charge in [-0.3, -0.25) is 0 Å². The van der Waals surface area contributed by atoms with Gasteiger partial charge in [-0.2, -0.15) is 0 Å². The topological polar surface area (TPSA) is 63.6 Å². The number of nitrogens with one attached hydrogen (secondary N) is 1. The van der Waals surface area contributed by atoms with Crippen LogP contribution in [0.3, 0.4) is 0 Å². The number of ether oxygens (including phenoxy) is 2. The van der Waals surface area contributed by atoms with Gasteiger partial charge < -0.3 is 19.9 Å². The van der Waals surface area contributed by atoms with Crippen LogP contribution >= 0.6 is 0 Å². The van der Waals surface area contributed by atoms with Gasteiger partial charge in [-0.05, 0) is 12.1 Å². The lowest BCUT2D eigenvalue weighted by atomic mass is 10.3. The van der Waals surface area contributed by atoms with Gasteiger partial charge in [0.2, 0.25) is 0 Å². The number of aliphatic hydroxyl groups is 1. The Bertz CT molecular complexity index is 307. The molecule has 2 N–H and O–H groups in total. The van der Waals surface area contributed by atoms with Crippen molar-refractivity contribution in [1.82, 2.24) is 4.98 Å². The van der Waals surface area contributed by atoms with Crippen molar-refractivity contribution in [3.05, 3.63) is 23.9 Å². The van der Waals surface area contributed by atoms with E-state index in [-0.39, 0.29) is 12.7 Å². The smallest absolute Gasteiger partial charge is 0.126 e. The van der Waals surface area contributed by atoms with E-state index in [1.54, 1.807) is 20.3 Å². The number of methoxy groups -OCH3 is 2. The SMILES string of the molecule is COCC(CNc1cccc(CO)n1)OC. The highest BCUT2D eigenvalue weighted by molar-refractivity contribution is 5.35. The summed E-state index contributed by atoms with van der Waals surface area (Å²) < 4.78 is 10.2. The summed E-state index contributed by atoms with van der Waals surface area (Å²) in [6, 6.07) is 5.46. The number of anilines is 1. The van der Waals surface area contributed by atoms with E-state index in [0.717, 1.165) is 5.82 Å². The Kier molecular flexibility index (Phi) is 5.77. The first kappa shape index (κ1) is 12.9. The van der Waals surface area contributed by atoms with E-state index in [2.05, 4.69) is 10.3 Å². The standard InChI is InChI=1S/C11H18N2O3/c1-15-8-10(16-2)6-12-11-5-3-4-9(7-14)13-11/h3-5,10,14H,6-8H2,1-2H3,(H,12,13). The molecule has 1 unspecified atom stereocenters. The molecule has 5 heteroatoms. The fourth-order valence-electron chi connectivity index (χ4n) is 1.28. The third kappa shape index (κ3) is 4.14. The van der Waals surface area contributed by atoms with Crippen LogP contribution in [0.4, 0.5) is 5.82 Å². The lowest BCUT2D eigenvalue weighted by molar-refractivity contribution is 0.0365. The minimum atomic E-state index is -0.0543. The zero-order valence-electron chi connectivity index (χ0n) is 9.64.